The number of hydrogen-bond acceptors (Lipinski definition) is 4. The van der Waals surface area contributed by atoms with E-state index in [9.17, 15) is 4.79 Å². The number of fused-ring (bicyclic) bond motifs is 3. The maximum Gasteiger partial charge on any atom is 0.324 e. The number of nitrogens with zero attached hydrogens (tertiary/aromatic N) is 2. The Bertz CT molecular complexity index is 849. The van der Waals surface area contributed by atoms with Crippen molar-refractivity contribution >= 4 is 32.7 Å². The van der Waals surface area contributed by atoms with Crippen molar-refractivity contribution < 1.29 is 9.53 Å². The number of thiazole rings is 1. The molecule has 0 spiro atoms. The topological polar surface area (TPSA) is 54.5 Å². The zero-order valence-corrected chi connectivity index (χ0v) is 13.9. The molecule has 0 unspecified atom stereocenters. The predicted molar refractivity (Wildman–Crippen MR) is 91.1 cm³/mol. The lowest BCUT2D eigenvalue weighted by atomic mass is 10.1. The molecule has 2 aliphatic rings. The summed E-state index contributed by atoms with van der Waals surface area (Å²) in [4.78, 5) is 18.9. The first-order valence-corrected chi connectivity index (χ1v) is 8.56. The molecule has 118 valence electrons. The van der Waals surface area contributed by atoms with Crippen LogP contribution in [0.15, 0.2) is 12.1 Å². The molecule has 1 aromatic carbocycles. The predicted octanol–water partition coefficient (Wildman–Crippen LogP) is 2.93. The Labute approximate surface area is 138 Å². The summed E-state index contributed by atoms with van der Waals surface area (Å²) in [6.07, 6.45) is 1.67. The van der Waals surface area contributed by atoms with Crippen molar-refractivity contribution in [3.8, 4) is 17.6 Å². The normalized spacial score (nSPS) is 23.0. The average molecular weight is 327 g/mol. The first-order valence-electron chi connectivity index (χ1n) is 7.74. The molecule has 1 aromatic heterocycles. The quantitative estimate of drug-likeness (QED) is 0.819. The summed E-state index contributed by atoms with van der Waals surface area (Å²) in [5, 5.41) is 3.68. The minimum atomic E-state index is -0.131. The lowest BCUT2D eigenvalue weighted by Crippen LogP contribution is -2.55. The summed E-state index contributed by atoms with van der Waals surface area (Å²) in [6, 6.07) is 3.88. The van der Waals surface area contributed by atoms with E-state index >= 15 is 0 Å². The van der Waals surface area contributed by atoms with Crippen molar-refractivity contribution in [2.45, 2.75) is 38.8 Å². The van der Waals surface area contributed by atoms with Crippen LogP contribution in [0, 0.1) is 11.8 Å². The highest BCUT2D eigenvalue weighted by atomic mass is 32.1. The van der Waals surface area contributed by atoms with Gasteiger partial charge in [-0.15, -0.1) is 5.92 Å². The number of amides is 2. The van der Waals surface area contributed by atoms with Gasteiger partial charge in [-0.05, 0) is 32.4 Å². The number of carbonyl (C=O) groups is 1. The molecule has 0 saturated carbocycles. The molecule has 23 heavy (non-hydrogen) atoms. The molecule has 1 fully saturated rings. The molecule has 2 atom stereocenters. The number of benzene rings is 1. The van der Waals surface area contributed by atoms with Crippen LogP contribution in [0.1, 0.15) is 25.8 Å². The Morgan fingerprint density at radius 2 is 2.35 bits per heavy atom. The minimum Gasteiger partial charge on any atom is -0.493 e. The van der Waals surface area contributed by atoms with Crippen LogP contribution in [0.4, 0.5) is 9.93 Å². The Balaban J connectivity index is 1.80. The van der Waals surface area contributed by atoms with Gasteiger partial charge in [-0.2, -0.15) is 0 Å². The van der Waals surface area contributed by atoms with Gasteiger partial charge >= 0.3 is 6.03 Å². The SMILES string of the molecule is CC#C[C@@H]1C[C@@H](C)NC(=O)N1c1nc2c3c(ccc2s1)OCC3. The molecular weight excluding hydrogens is 310 g/mol. The molecule has 2 amide bonds. The molecule has 3 heterocycles. The van der Waals surface area contributed by atoms with Gasteiger partial charge < -0.3 is 10.1 Å². The van der Waals surface area contributed by atoms with Gasteiger partial charge in [-0.3, -0.25) is 4.90 Å². The van der Waals surface area contributed by atoms with Crippen molar-refractivity contribution in [1.82, 2.24) is 10.3 Å². The number of aromatic nitrogens is 1. The Morgan fingerprint density at radius 1 is 1.48 bits per heavy atom. The number of hydrogen-bond donors (Lipinski definition) is 1. The number of urea groups is 1. The van der Waals surface area contributed by atoms with E-state index < -0.39 is 0 Å². The van der Waals surface area contributed by atoms with Crippen LogP contribution >= 0.6 is 11.3 Å². The Morgan fingerprint density at radius 3 is 3.17 bits per heavy atom. The van der Waals surface area contributed by atoms with Crippen molar-refractivity contribution in [3.63, 3.8) is 0 Å². The molecule has 1 saturated heterocycles. The third-order valence-electron chi connectivity index (χ3n) is 4.22. The van der Waals surface area contributed by atoms with Crippen LogP contribution < -0.4 is 15.0 Å². The van der Waals surface area contributed by atoms with Gasteiger partial charge in [0.05, 0.1) is 16.8 Å². The number of anilines is 1. The van der Waals surface area contributed by atoms with Crippen molar-refractivity contribution in [3.05, 3.63) is 17.7 Å². The number of nitrogens with one attached hydrogen (secondary N) is 1. The highest BCUT2D eigenvalue weighted by molar-refractivity contribution is 7.22. The second kappa shape index (κ2) is 5.43. The monoisotopic (exact) mass is 327 g/mol. The number of ether oxygens (including phenoxy) is 1. The zero-order valence-electron chi connectivity index (χ0n) is 13.0. The number of rotatable bonds is 1. The highest BCUT2D eigenvalue weighted by Gasteiger charge is 2.34. The van der Waals surface area contributed by atoms with Gasteiger partial charge in [0.2, 0.25) is 0 Å². The van der Waals surface area contributed by atoms with Gasteiger partial charge in [0, 0.05) is 18.0 Å². The third-order valence-corrected chi connectivity index (χ3v) is 5.24. The fraction of sp³-hybridized carbons (Fsp3) is 0.412. The maximum atomic E-state index is 12.5. The summed E-state index contributed by atoms with van der Waals surface area (Å²) < 4.78 is 6.69. The van der Waals surface area contributed by atoms with E-state index in [0.717, 1.165) is 34.4 Å². The lowest BCUT2D eigenvalue weighted by molar-refractivity contribution is 0.234. The van der Waals surface area contributed by atoms with Crippen LogP contribution in [0.3, 0.4) is 0 Å². The maximum absolute atomic E-state index is 12.5. The summed E-state index contributed by atoms with van der Waals surface area (Å²) in [6.45, 7) is 4.51. The van der Waals surface area contributed by atoms with E-state index in [1.807, 2.05) is 19.1 Å². The third kappa shape index (κ3) is 2.32. The second-order valence-electron chi connectivity index (χ2n) is 5.85. The van der Waals surface area contributed by atoms with Crippen LogP contribution in [0.5, 0.6) is 5.75 Å². The van der Waals surface area contributed by atoms with Crippen molar-refractivity contribution in [2.75, 3.05) is 11.5 Å². The molecule has 0 aliphatic carbocycles. The molecule has 0 radical (unpaired) electrons. The van der Waals surface area contributed by atoms with Gasteiger partial charge in [0.25, 0.3) is 0 Å². The number of carbonyl (C=O) groups excluding carboxylic acids is 1. The van der Waals surface area contributed by atoms with E-state index in [0.29, 0.717) is 11.7 Å². The molecule has 5 nitrogen and oxygen atoms in total. The van der Waals surface area contributed by atoms with Crippen LogP contribution in [-0.4, -0.2) is 29.7 Å². The summed E-state index contributed by atoms with van der Waals surface area (Å²) >= 11 is 1.54. The van der Waals surface area contributed by atoms with E-state index in [1.165, 1.54) is 11.3 Å². The van der Waals surface area contributed by atoms with Crippen LogP contribution in [0.2, 0.25) is 0 Å². The van der Waals surface area contributed by atoms with Gasteiger partial charge in [0.15, 0.2) is 5.13 Å². The summed E-state index contributed by atoms with van der Waals surface area (Å²) in [5.41, 5.74) is 2.10. The molecule has 2 aliphatic heterocycles. The fourth-order valence-electron chi connectivity index (χ4n) is 3.19. The molecule has 6 heteroatoms. The minimum absolute atomic E-state index is 0.122. The molecule has 2 aromatic rings. The molecule has 4 rings (SSSR count). The first-order chi connectivity index (χ1) is 11.2. The van der Waals surface area contributed by atoms with E-state index in [2.05, 4.69) is 17.2 Å². The molecular formula is C17H17N3O2S. The molecule has 0 bridgehead atoms. The first kappa shape index (κ1) is 14.3. The largest absolute Gasteiger partial charge is 0.493 e. The Hall–Kier alpha value is -2.26. The molecule has 1 N–H and O–H groups in total. The van der Waals surface area contributed by atoms with Crippen molar-refractivity contribution in [2.24, 2.45) is 0 Å². The average Bonchev–Trinajstić information content (AvgIpc) is 3.12. The summed E-state index contributed by atoms with van der Waals surface area (Å²) in [5.74, 6) is 7.00. The van der Waals surface area contributed by atoms with Crippen molar-refractivity contribution in [1.29, 1.82) is 0 Å². The lowest BCUT2D eigenvalue weighted by Gasteiger charge is -2.34. The van der Waals surface area contributed by atoms with Crippen LogP contribution in [-0.2, 0) is 6.42 Å². The standard InChI is InChI=1S/C17H17N3O2S/c1-3-4-11-9-10(2)18-16(21)20(11)17-19-15-12-7-8-22-13(12)5-6-14(15)23-17/h5-6,10-11H,7-9H2,1-2H3,(H,18,21)/t10-,11-/m1/s1. The smallest absolute Gasteiger partial charge is 0.324 e. The Kier molecular flexibility index (Phi) is 3.38. The second-order valence-corrected chi connectivity index (χ2v) is 6.86. The fourth-order valence-corrected chi connectivity index (χ4v) is 4.24. The summed E-state index contributed by atoms with van der Waals surface area (Å²) in [7, 11) is 0. The van der Waals surface area contributed by atoms with E-state index in [1.54, 1.807) is 11.8 Å². The van der Waals surface area contributed by atoms with Crippen LogP contribution in [0.25, 0.3) is 10.2 Å². The highest BCUT2D eigenvalue weighted by Crippen LogP contribution is 2.38. The zero-order chi connectivity index (χ0) is 16.0. The van der Waals surface area contributed by atoms with Gasteiger partial charge in [0.1, 0.15) is 11.8 Å². The van der Waals surface area contributed by atoms with Gasteiger partial charge in [-0.1, -0.05) is 17.3 Å². The van der Waals surface area contributed by atoms with E-state index in [4.69, 9.17) is 9.72 Å². The van der Waals surface area contributed by atoms with Gasteiger partial charge in [-0.25, -0.2) is 9.78 Å². The van der Waals surface area contributed by atoms with E-state index in [-0.39, 0.29) is 18.1 Å².